The fraction of sp³-hybridized carbons (Fsp3) is 0.565. The number of rotatable bonds is 6. The fourth-order valence-corrected chi connectivity index (χ4v) is 3.69. The predicted molar refractivity (Wildman–Crippen MR) is 117 cm³/mol. The summed E-state index contributed by atoms with van der Waals surface area (Å²) < 4.78 is 7.79. The third kappa shape index (κ3) is 5.46. The molecule has 2 heterocycles. The summed E-state index contributed by atoms with van der Waals surface area (Å²) in [6, 6.07) is 6.64. The molecule has 0 N–H and O–H groups in total. The zero-order valence-electron chi connectivity index (χ0n) is 18.6. The molecule has 0 saturated carbocycles. The molecule has 0 spiro atoms. The number of likely N-dealkylation sites (N-methyl/N-ethyl adjacent to an activating group) is 1. The Kier molecular flexibility index (Phi) is 6.44. The van der Waals surface area contributed by atoms with E-state index in [-0.39, 0.29) is 17.6 Å². The summed E-state index contributed by atoms with van der Waals surface area (Å²) >= 11 is 0. The Labute approximate surface area is 174 Å². The van der Waals surface area contributed by atoms with E-state index in [4.69, 9.17) is 4.74 Å². The molecule has 1 aromatic carbocycles. The Morgan fingerprint density at radius 2 is 2.07 bits per heavy atom. The zero-order chi connectivity index (χ0) is 21.2. The van der Waals surface area contributed by atoms with Gasteiger partial charge in [-0.05, 0) is 70.8 Å². The van der Waals surface area contributed by atoms with Crippen LogP contribution >= 0.6 is 0 Å². The molecule has 158 valence electrons. The topological polar surface area (TPSA) is 50.6 Å². The summed E-state index contributed by atoms with van der Waals surface area (Å²) in [6.45, 7) is 12.2. The maximum Gasteiger partial charge on any atom is 0.224 e. The van der Waals surface area contributed by atoms with Gasteiger partial charge in [0.05, 0.1) is 25.1 Å². The molecular weight excluding hydrogens is 364 g/mol. The Balaban J connectivity index is 1.66. The molecular formula is C23H34N4O2. The van der Waals surface area contributed by atoms with Gasteiger partial charge in [0.25, 0.3) is 0 Å². The molecule has 1 aromatic heterocycles. The second-order valence-electron chi connectivity index (χ2n) is 9.08. The van der Waals surface area contributed by atoms with Crippen molar-refractivity contribution in [1.82, 2.24) is 14.7 Å². The molecule has 0 radical (unpaired) electrons. The quantitative estimate of drug-likeness (QED) is 0.692. The lowest BCUT2D eigenvalue weighted by atomic mass is 9.94. The van der Waals surface area contributed by atoms with E-state index in [0.29, 0.717) is 6.73 Å². The number of hydrogen-bond donors (Lipinski definition) is 0. The molecule has 3 rings (SSSR count). The summed E-state index contributed by atoms with van der Waals surface area (Å²) in [5.41, 5.74) is 4.41. The van der Waals surface area contributed by atoms with Gasteiger partial charge in [-0.3, -0.25) is 14.4 Å². The van der Waals surface area contributed by atoms with Gasteiger partial charge in [-0.25, -0.2) is 0 Å². The SMILES string of the molecule is CC(=O)N1c2ccc(-c3cnn(CCN(C)COC(C)(C)C)c3)cc2CCC1C. The zero-order valence-corrected chi connectivity index (χ0v) is 18.6. The van der Waals surface area contributed by atoms with Crippen molar-refractivity contribution in [3.8, 4) is 11.1 Å². The van der Waals surface area contributed by atoms with Crippen LogP contribution in [0.5, 0.6) is 0 Å². The highest BCUT2D eigenvalue weighted by atomic mass is 16.5. The lowest BCUT2D eigenvalue weighted by Crippen LogP contribution is -2.40. The minimum absolute atomic E-state index is 0.110. The first-order chi connectivity index (χ1) is 13.6. The molecule has 0 fully saturated rings. The molecule has 1 amide bonds. The van der Waals surface area contributed by atoms with Crippen molar-refractivity contribution in [2.75, 3.05) is 25.2 Å². The number of carbonyl (C=O) groups is 1. The van der Waals surface area contributed by atoms with Gasteiger partial charge in [-0.15, -0.1) is 0 Å². The Hall–Kier alpha value is -2.18. The normalized spacial score (nSPS) is 16.9. The maximum atomic E-state index is 12.1. The molecule has 2 aromatic rings. The van der Waals surface area contributed by atoms with Crippen LogP contribution in [0.4, 0.5) is 5.69 Å². The van der Waals surface area contributed by atoms with E-state index in [9.17, 15) is 4.79 Å². The van der Waals surface area contributed by atoms with Crippen molar-refractivity contribution in [3.05, 3.63) is 36.2 Å². The molecule has 1 aliphatic rings. The van der Waals surface area contributed by atoms with Crippen molar-refractivity contribution >= 4 is 11.6 Å². The number of aromatic nitrogens is 2. The third-order valence-electron chi connectivity index (χ3n) is 5.35. The first kappa shape index (κ1) is 21.5. The Morgan fingerprint density at radius 3 is 2.76 bits per heavy atom. The number of benzene rings is 1. The highest BCUT2D eigenvalue weighted by molar-refractivity contribution is 5.94. The van der Waals surface area contributed by atoms with E-state index in [1.54, 1.807) is 6.92 Å². The number of fused-ring (bicyclic) bond motifs is 1. The monoisotopic (exact) mass is 398 g/mol. The highest BCUT2D eigenvalue weighted by Crippen LogP contribution is 2.34. The highest BCUT2D eigenvalue weighted by Gasteiger charge is 2.26. The predicted octanol–water partition coefficient (Wildman–Crippen LogP) is 3.94. The summed E-state index contributed by atoms with van der Waals surface area (Å²) in [5, 5.41) is 4.53. The van der Waals surface area contributed by atoms with Crippen molar-refractivity contribution < 1.29 is 9.53 Å². The number of amides is 1. The van der Waals surface area contributed by atoms with Gasteiger partial charge < -0.3 is 9.64 Å². The van der Waals surface area contributed by atoms with E-state index in [0.717, 1.165) is 42.7 Å². The van der Waals surface area contributed by atoms with Gasteiger partial charge in [-0.2, -0.15) is 5.10 Å². The van der Waals surface area contributed by atoms with Gasteiger partial charge in [0, 0.05) is 37.0 Å². The molecule has 6 heteroatoms. The van der Waals surface area contributed by atoms with Crippen LogP contribution < -0.4 is 4.90 Å². The van der Waals surface area contributed by atoms with Gasteiger partial charge in [0.15, 0.2) is 0 Å². The van der Waals surface area contributed by atoms with E-state index < -0.39 is 0 Å². The lowest BCUT2D eigenvalue weighted by molar-refractivity contribution is -0.117. The van der Waals surface area contributed by atoms with Crippen LogP contribution in [-0.4, -0.2) is 52.6 Å². The van der Waals surface area contributed by atoms with Crippen molar-refractivity contribution in [3.63, 3.8) is 0 Å². The second-order valence-corrected chi connectivity index (χ2v) is 9.08. The van der Waals surface area contributed by atoms with Crippen LogP contribution in [0.15, 0.2) is 30.6 Å². The molecule has 29 heavy (non-hydrogen) atoms. The number of nitrogens with zero attached hydrogens (tertiary/aromatic N) is 4. The number of carbonyl (C=O) groups excluding carboxylic acids is 1. The molecule has 1 atom stereocenters. The standard InChI is InChI=1S/C23H34N4O2/c1-17-7-8-20-13-19(9-10-22(20)27(17)18(2)28)21-14-24-26(15-21)12-11-25(6)16-29-23(3,4)5/h9-10,13-15,17H,7-8,11-12,16H2,1-6H3. The van der Waals surface area contributed by atoms with Crippen LogP contribution in [0, 0.1) is 0 Å². The van der Waals surface area contributed by atoms with Crippen LogP contribution in [0.3, 0.4) is 0 Å². The van der Waals surface area contributed by atoms with Crippen molar-refractivity contribution in [2.24, 2.45) is 0 Å². The molecule has 1 unspecified atom stereocenters. The van der Waals surface area contributed by atoms with Crippen LogP contribution in [-0.2, 0) is 22.5 Å². The number of hydrogen-bond acceptors (Lipinski definition) is 4. The largest absolute Gasteiger partial charge is 0.361 e. The van der Waals surface area contributed by atoms with E-state index in [2.05, 4.69) is 69.1 Å². The van der Waals surface area contributed by atoms with Crippen LogP contribution in [0.25, 0.3) is 11.1 Å². The average molecular weight is 399 g/mol. The van der Waals surface area contributed by atoms with Gasteiger partial charge in [-0.1, -0.05) is 6.07 Å². The Bertz CT molecular complexity index is 853. The van der Waals surface area contributed by atoms with Crippen molar-refractivity contribution in [2.45, 2.75) is 65.6 Å². The summed E-state index contributed by atoms with van der Waals surface area (Å²) in [7, 11) is 2.06. The summed E-state index contributed by atoms with van der Waals surface area (Å²) in [5.74, 6) is 0.110. The maximum absolute atomic E-state index is 12.1. The van der Waals surface area contributed by atoms with Crippen molar-refractivity contribution in [1.29, 1.82) is 0 Å². The van der Waals surface area contributed by atoms with E-state index in [1.165, 1.54) is 5.56 Å². The molecule has 0 saturated heterocycles. The molecule has 0 aliphatic carbocycles. The lowest BCUT2D eigenvalue weighted by Gasteiger charge is -2.34. The minimum atomic E-state index is -0.130. The van der Waals surface area contributed by atoms with E-state index >= 15 is 0 Å². The minimum Gasteiger partial charge on any atom is -0.361 e. The van der Waals surface area contributed by atoms with Crippen LogP contribution in [0.1, 0.15) is 46.6 Å². The molecule has 1 aliphatic heterocycles. The smallest absolute Gasteiger partial charge is 0.224 e. The van der Waals surface area contributed by atoms with Crippen LogP contribution in [0.2, 0.25) is 0 Å². The molecule has 0 bridgehead atoms. The Morgan fingerprint density at radius 1 is 1.31 bits per heavy atom. The first-order valence-corrected chi connectivity index (χ1v) is 10.4. The summed E-state index contributed by atoms with van der Waals surface area (Å²) in [6.07, 6.45) is 6.01. The number of anilines is 1. The fourth-order valence-electron chi connectivity index (χ4n) is 3.69. The van der Waals surface area contributed by atoms with Gasteiger partial charge in [0.1, 0.15) is 0 Å². The first-order valence-electron chi connectivity index (χ1n) is 10.4. The number of ether oxygens (including phenoxy) is 1. The van der Waals surface area contributed by atoms with Gasteiger partial charge in [0.2, 0.25) is 5.91 Å². The number of aryl methyl sites for hydroxylation is 1. The second kappa shape index (κ2) is 8.67. The van der Waals surface area contributed by atoms with E-state index in [1.807, 2.05) is 15.8 Å². The average Bonchev–Trinajstić information content (AvgIpc) is 3.12. The third-order valence-corrected chi connectivity index (χ3v) is 5.35. The van der Waals surface area contributed by atoms with Gasteiger partial charge >= 0.3 is 0 Å². The summed E-state index contributed by atoms with van der Waals surface area (Å²) in [4.78, 5) is 16.1. The molecule has 6 nitrogen and oxygen atoms in total.